The third-order valence-corrected chi connectivity index (χ3v) is 9.03. The SMILES string of the molecule is COCCOCCOCCOC[C@@H]1O[C@H](OP(=O)(O)OP(=O)(O)OC[C@H]2O[C@@H](n3ccc(=O)[nH]c3=O)[C@H](O)[C@@H]2O)[C@@H](O)[C@@H](O)[C@H]1O. The van der Waals surface area contributed by atoms with Crippen molar-refractivity contribution in [2.24, 2.45) is 0 Å². The maximum Gasteiger partial charge on any atom is 0.483 e. The number of aliphatic hydroxyl groups excluding tert-OH is 5. The van der Waals surface area contributed by atoms with Crippen molar-refractivity contribution in [1.29, 1.82) is 0 Å². The van der Waals surface area contributed by atoms with Crippen LogP contribution in [0, 0.1) is 0 Å². The van der Waals surface area contributed by atoms with Gasteiger partial charge in [-0.25, -0.2) is 13.9 Å². The highest BCUT2D eigenvalue weighted by Crippen LogP contribution is 2.61. The van der Waals surface area contributed by atoms with Gasteiger partial charge in [0.1, 0.15) is 42.7 Å². The highest BCUT2D eigenvalue weighted by molar-refractivity contribution is 7.61. The molecular weight excluding hydrogens is 674 g/mol. The van der Waals surface area contributed by atoms with Crippen molar-refractivity contribution >= 4 is 15.6 Å². The van der Waals surface area contributed by atoms with Crippen molar-refractivity contribution in [3.8, 4) is 0 Å². The molecule has 3 heterocycles. The molecule has 0 radical (unpaired) electrons. The normalized spacial score (nSPS) is 32.7. The van der Waals surface area contributed by atoms with E-state index in [-0.39, 0.29) is 19.8 Å². The Bertz CT molecular complexity index is 1300. The van der Waals surface area contributed by atoms with E-state index in [1.54, 1.807) is 0 Å². The number of nitrogens with zero attached hydrogens (tertiary/aromatic N) is 1. The van der Waals surface area contributed by atoms with Gasteiger partial charge < -0.3 is 63.7 Å². The fourth-order valence-corrected chi connectivity index (χ4v) is 6.28. The highest BCUT2D eigenvalue weighted by atomic mass is 31.3. The van der Waals surface area contributed by atoms with E-state index in [9.17, 15) is 54.0 Å². The monoisotopic (exact) mass is 712 g/mol. The molecule has 0 aromatic carbocycles. The molecule has 0 bridgehead atoms. The number of phosphoric acid groups is 2. The molecule has 0 spiro atoms. The van der Waals surface area contributed by atoms with Crippen LogP contribution in [0.2, 0.25) is 0 Å². The summed E-state index contributed by atoms with van der Waals surface area (Å²) in [5.74, 6) is 0. The number of methoxy groups -OCH3 is 1. The molecule has 0 aliphatic carbocycles. The number of rotatable bonds is 19. The van der Waals surface area contributed by atoms with Gasteiger partial charge in [0.05, 0.1) is 52.9 Å². The number of H-pyrrole nitrogens is 1. The Morgan fingerprint density at radius 2 is 1.37 bits per heavy atom. The molecule has 2 unspecified atom stereocenters. The van der Waals surface area contributed by atoms with E-state index in [2.05, 4.69) is 13.4 Å². The van der Waals surface area contributed by atoms with Crippen molar-refractivity contribution in [3.63, 3.8) is 0 Å². The van der Waals surface area contributed by atoms with Crippen LogP contribution in [0.15, 0.2) is 21.9 Å². The van der Waals surface area contributed by atoms with Gasteiger partial charge in [-0.05, 0) is 0 Å². The number of ether oxygens (including phenoxy) is 6. The van der Waals surface area contributed by atoms with Gasteiger partial charge in [0.15, 0.2) is 12.5 Å². The minimum Gasteiger partial charge on any atom is -0.387 e. The van der Waals surface area contributed by atoms with Crippen molar-refractivity contribution in [2.45, 2.75) is 55.2 Å². The first-order valence-corrected chi connectivity index (χ1v) is 16.6. The van der Waals surface area contributed by atoms with Crippen molar-refractivity contribution in [3.05, 3.63) is 33.1 Å². The summed E-state index contributed by atoms with van der Waals surface area (Å²) in [6.45, 7) is 0.0814. The first-order chi connectivity index (χ1) is 21.7. The minimum absolute atomic E-state index is 0.000242. The molecule has 2 fully saturated rings. The van der Waals surface area contributed by atoms with Crippen LogP contribution in [-0.4, -0.2) is 154 Å². The second-order valence-corrected chi connectivity index (χ2v) is 12.8. The number of nitrogens with one attached hydrogen (secondary N) is 1. The molecule has 24 heteroatoms. The molecule has 22 nitrogen and oxygen atoms in total. The van der Waals surface area contributed by atoms with Crippen LogP contribution in [0.4, 0.5) is 0 Å². The van der Waals surface area contributed by atoms with Crippen LogP contribution in [0.3, 0.4) is 0 Å². The molecule has 1 aromatic rings. The number of hydrogen-bond donors (Lipinski definition) is 8. The maximum atomic E-state index is 12.5. The van der Waals surface area contributed by atoms with E-state index in [4.69, 9.17) is 28.4 Å². The summed E-state index contributed by atoms with van der Waals surface area (Å²) in [7, 11) is -9.62. The summed E-state index contributed by atoms with van der Waals surface area (Å²) in [5, 5.41) is 51.0. The highest BCUT2D eigenvalue weighted by Gasteiger charge is 2.49. The Labute approximate surface area is 260 Å². The van der Waals surface area contributed by atoms with Crippen LogP contribution < -0.4 is 11.2 Å². The van der Waals surface area contributed by atoms with Crippen LogP contribution in [-0.2, 0) is 50.9 Å². The van der Waals surface area contributed by atoms with Crippen molar-refractivity contribution in [1.82, 2.24) is 9.55 Å². The van der Waals surface area contributed by atoms with Gasteiger partial charge in [-0.3, -0.25) is 23.4 Å². The average Bonchev–Trinajstić information content (AvgIpc) is 3.26. The van der Waals surface area contributed by atoms with Crippen molar-refractivity contribution < 1.29 is 86.2 Å². The van der Waals surface area contributed by atoms with Gasteiger partial charge in [-0.15, -0.1) is 0 Å². The van der Waals surface area contributed by atoms with E-state index in [1.807, 2.05) is 4.98 Å². The van der Waals surface area contributed by atoms with Gasteiger partial charge in [0.25, 0.3) is 5.56 Å². The topological polar surface area (TPSA) is 314 Å². The number of aromatic nitrogens is 2. The van der Waals surface area contributed by atoms with Gasteiger partial charge in [0.2, 0.25) is 0 Å². The number of hydrogen-bond acceptors (Lipinski definition) is 18. The molecule has 266 valence electrons. The van der Waals surface area contributed by atoms with Crippen molar-refractivity contribution in [2.75, 3.05) is 60.0 Å². The van der Waals surface area contributed by atoms with Crippen LogP contribution in [0.1, 0.15) is 6.23 Å². The van der Waals surface area contributed by atoms with E-state index in [1.165, 1.54) is 7.11 Å². The molecule has 1 aromatic heterocycles. The summed E-state index contributed by atoms with van der Waals surface area (Å²) < 4.78 is 70.2. The predicted molar refractivity (Wildman–Crippen MR) is 146 cm³/mol. The maximum absolute atomic E-state index is 12.5. The van der Waals surface area contributed by atoms with Crippen LogP contribution >= 0.6 is 15.6 Å². The molecule has 3 rings (SSSR count). The standard InChI is InChI=1S/C22H38N2O20P2/c1-36-4-5-37-6-7-38-8-9-39-10-12-15(26)17(28)19(30)21(42-12)43-46(34,35)44-45(32,33)40-11-13-16(27)18(29)20(41-13)24-3-2-14(25)23-22(24)31/h2-3,12-13,15-21,26-30H,4-11H2,1H3,(H,32,33)(H,34,35)(H,23,25,31)/t12-,13+,15-,16+,17-,18+,19-,20+,21+/m0/s1. The Kier molecular flexibility index (Phi) is 15.0. The summed E-state index contributed by atoms with van der Waals surface area (Å²) in [6, 6.07) is 0.935. The quantitative estimate of drug-likeness (QED) is 0.0499. The molecule has 8 N–H and O–H groups in total. The second kappa shape index (κ2) is 17.8. The zero-order valence-corrected chi connectivity index (χ0v) is 26.1. The first kappa shape index (κ1) is 38.9. The lowest BCUT2D eigenvalue weighted by molar-refractivity contribution is -0.283. The number of aromatic amines is 1. The van der Waals surface area contributed by atoms with E-state index in [0.717, 1.165) is 16.8 Å². The van der Waals surface area contributed by atoms with E-state index in [0.29, 0.717) is 19.8 Å². The smallest absolute Gasteiger partial charge is 0.387 e. The lowest BCUT2D eigenvalue weighted by Gasteiger charge is -2.40. The molecule has 2 aliphatic heterocycles. The van der Waals surface area contributed by atoms with Gasteiger partial charge >= 0.3 is 21.3 Å². The Morgan fingerprint density at radius 3 is 2.00 bits per heavy atom. The van der Waals surface area contributed by atoms with E-state index >= 15 is 0 Å². The zero-order valence-electron chi connectivity index (χ0n) is 24.3. The summed E-state index contributed by atoms with van der Waals surface area (Å²) in [6.07, 6.45) is -15.2. The predicted octanol–water partition coefficient (Wildman–Crippen LogP) is -4.09. The third-order valence-electron chi connectivity index (χ3n) is 6.43. The van der Waals surface area contributed by atoms with Crippen LogP contribution in [0.5, 0.6) is 0 Å². The fourth-order valence-electron chi connectivity index (χ4n) is 4.12. The second-order valence-electron chi connectivity index (χ2n) is 9.79. The van der Waals surface area contributed by atoms with Gasteiger partial charge in [-0.2, -0.15) is 4.31 Å². The van der Waals surface area contributed by atoms with Crippen LogP contribution in [0.25, 0.3) is 0 Å². The zero-order chi connectivity index (χ0) is 34.1. The summed E-state index contributed by atoms with van der Waals surface area (Å²) in [5.41, 5.74) is -1.75. The third kappa shape index (κ3) is 11.3. The minimum atomic E-state index is -5.64. The van der Waals surface area contributed by atoms with Gasteiger partial charge in [-0.1, -0.05) is 0 Å². The molecule has 11 atom stereocenters. The molecule has 46 heavy (non-hydrogen) atoms. The number of phosphoric ester groups is 2. The number of aliphatic hydroxyl groups is 5. The lowest BCUT2D eigenvalue weighted by Crippen LogP contribution is -2.59. The average molecular weight is 712 g/mol. The lowest BCUT2D eigenvalue weighted by atomic mass is 9.99. The van der Waals surface area contributed by atoms with E-state index < -0.39 is 95.4 Å². The molecule has 0 amide bonds. The molecule has 2 saturated heterocycles. The summed E-state index contributed by atoms with van der Waals surface area (Å²) in [4.78, 5) is 45.2. The largest absolute Gasteiger partial charge is 0.483 e. The fraction of sp³-hybridized carbons (Fsp3) is 0.818. The molecule has 0 saturated carbocycles. The molecular formula is C22H38N2O20P2. The summed E-state index contributed by atoms with van der Waals surface area (Å²) >= 11 is 0. The Balaban J connectivity index is 1.48. The molecule has 2 aliphatic rings. The van der Waals surface area contributed by atoms with Gasteiger partial charge in [0, 0.05) is 19.4 Å². The first-order valence-electron chi connectivity index (χ1n) is 13.6. The Morgan fingerprint density at radius 1 is 0.783 bits per heavy atom. The Hall–Kier alpha value is -1.50.